The summed E-state index contributed by atoms with van der Waals surface area (Å²) in [6, 6.07) is 0. The third-order valence-corrected chi connectivity index (χ3v) is 6.60. The number of aliphatic hydroxyl groups excluding tert-OH is 2. The maximum Gasteiger partial charge on any atom is 0.333 e. The van der Waals surface area contributed by atoms with Gasteiger partial charge in [-0.05, 0) is 0 Å². The Morgan fingerprint density at radius 2 is 1.11 bits per heavy atom. The zero-order chi connectivity index (χ0) is 14.0. The minimum atomic E-state index is -3.22. The first kappa shape index (κ1) is 15.6. The second-order valence-corrected chi connectivity index (χ2v) is 9.08. The molecule has 112 valence electrons. The molecule has 2 rings (SSSR count). The average Bonchev–Trinajstić information content (AvgIpc) is 2.38. The Kier molecular flexibility index (Phi) is 4.86. The number of hydrogen-bond acceptors (Lipinski definition) is 8. The molecule has 2 aliphatic rings. The van der Waals surface area contributed by atoms with E-state index in [1.54, 1.807) is 0 Å². The lowest BCUT2D eigenvalue weighted by Crippen LogP contribution is -2.46. The van der Waals surface area contributed by atoms with E-state index < -0.39 is 20.6 Å². The maximum absolute atomic E-state index is 11.9. The highest BCUT2D eigenvalue weighted by atomic mass is 31.2. The van der Waals surface area contributed by atoms with Gasteiger partial charge in [-0.2, -0.15) is 0 Å². The first-order valence-corrected chi connectivity index (χ1v) is 9.39. The lowest BCUT2D eigenvalue weighted by molar-refractivity contribution is -0.0689. The number of rotatable bonds is 4. The van der Waals surface area contributed by atoms with Crippen LogP contribution >= 0.6 is 15.2 Å². The normalized spacial score (nSPS) is 43.5. The summed E-state index contributed by atoms with van der Waals surface area (Å²) in [6.07, 6.45) is -0.0956. The molecule has 0 saturated carbocycles. The van der Waals surface area contributed by atoms with Gasteiger partial charge in [-0.15, -0.1) is 0 Å². The second kappa shape index (κ2) is 5.92. The van der Waals surface area contributed by atoms with E-state index in [2.05, 4.69) is 0 Å². The molecule has 0 aromatic heterocycles. The van der Waals surface area contributed by atoms with E-state index in [1.807, 2.05) is 0 Å². The molecule has 0 aliphatic carbocycles. The van der Waals surface area contributed by atoms with Gasteiger partial charge < -0.3 is 28.3 Å². The zero-order valence-electron chi connectivity index (χ0n) is 10.4. The lowest BCUT2D eigenvalue weighted by atomic mass is 9.93. The molecule has 2 saturated heterocycles. The van der Waals surface area contributed by atoms with Gasteiger partial charge in [0.2, 0.25) is 0 Å². The van der Waals surface area contributed by atoms with Crippen LogP contribution in [-0.4, -0.2) is 62.2 Å². The smallest absolute Gasteiger partial charge is 0.333 e. The standard InChI is InChI=1S/C9H18O8P2/c10-1-3-18(12)14-5-9(6-15-18)7-16-19(13,4-2-11)17-8-9/h10-11H,1-8H2. The molecule has 19 heavy (non-hydrogen) atoms. The summed E-state index contributed by atoms with van der Waals surface area (Å²) in [5.41, 5.74) is -0.632. The molecule has 0 aromatic carbocycles. The topological polar surface area (TPSA) is 112 Å². The minimum absolute atomic E-state index is 0.0478. The summed E-state index contributed by atoms with van der Waals surface area (Å²) in [6.45, 7) is -0.147. The van der Waals surface area contributed by atoms with Gasteiger partial charge in [0.15, 0.2) is 0 Å². The molecule has 0 bridgehead atoms. The predicted octanol–water partition coefficient (Wildman–Crippen LogP) is 0.437. The summed E-state index contributed by atoms with van der Waals surface area (Å²) in [5, 5.41) is 17.5. The minimum Gasteiger partial charge on any atom is -0.396 e. The second-order valence-electron chi connectivity index (χ2n) is 4.71. The van der Waals surface area contributed by atoms with Crippen molar-refractivity contribution in [3.63, 3.8) is 0 Å². The molecule has 2 heterocycles. The fraction of sp³-hybridized carbons (Fsp3) is 1.00. The first-order valence-electron chi connectivity index (χ1n) is 5.93. The summed E-state index contributed by atoms with van der Waals surface area (Å²) in [5.74, 6) is 0. The van der Waals surface area contributed by atoms with Crippen LogP contribution in [0.1, 0.15) is 0 Å². The Morgan fingerprint density at radius 3 is 1.37 bits per heavy atom. The van der Waals surface area contributed by atoms with Gasteiger partial charge >= 0.3 is 15.2 Å². The molecule has 2 aliphatic heterocycles. The predicted molar refractivity (Wildman–Crippen MR) is 65.4 cm³/mol. The fourth-order valence-electron chi connectivity index (χ4n) is 1.77. The van der Waals surface area contributed by atoms with Gasteiger partial charge in [0.05, 0.1) is 57.4 Å². The van der Waals surface area contributed by atoms with E-state index in [4.69, 9.17) is 28.3 Å². The molecule has 0 aromatic rings. The van der Waals surface area contributed by atoms with Crippen molar-refractivity contribution < 1.29 is 37.4 Å². The van der Waals surface area contributed by atoms with Crippen LogP contribution in [0.15, 0.2) is 0 Å². The Labute approximate surface area is 111 Å². The highest BCUT2D eigenvalue weighted by Crippen LogP contribution is 2.58. The van der Waals surface area contributed by atoms with Crippen LogP contribution in [0.3, 0.4) is 0 Å². The zero-order valence-corrected chi connectivity index (χ0v) is 12.2. The Morgan fingerprint density at radius 1 is 0.789 bits per heavy atom. The number of aliphatic hydroxyl groups is 2. The van der Waals surface area contributed by atoms with Crippen molar-refractivity contribution in [1.82, 2.24) is 0 Å². The largest absolute Gasteiger partial charge is 0.396 e. The van der Waals surface area contributed by atoms with Crippen molar-refractivity contribution in [2.45, 2.75) is 0 Å². The quantitative estimate of drug-likeness (QED) is 0.719. The highest BCUT2D eigenvalue weighted by Gasteiger charge is 2.48. The van der Waals surface area contributed by atoms with E-state index in [0.29, 0.717) is 0 Å². The molecular weight excluding hydrogens is 298 g/mol. The van der Waals surface area contributed by atoms with E-state index in [-0.39, 0.29) is 52.0 Å². The van der Waals surface area contributed by atoms with E-state index in [0.717, 1.165) is 0 Å². The lowest BCUT2D eigenvalue weighted by Gasteiger charge is -2.42. The molecule has 0 radical (unpaired) electrons. The first-order chi connectivity index (χ1) is 8.95. The molecule has 1 spiro atoms. The van der Waals surface area contributed by atoms with Crippen molar-refractivity contribution in [2.24, 2.45) is 5.41 Å². The third kappa shape index (κ3) is 3.65. The van der Waals surface area contributed by atoms with E-state index >= 15 is 0 Å². The summed E-state index contributed by atoms with van der Waals surface area (Å²) in [7, 11) is -6.44. The van der Waals surface area contributed by atoms with E-state index in [9.17, 15) is 9.13 Å². The van der Waals surface area contributed by atoms with Gasteiger partial charge in [-0.3, -0.25) is 9.13 Å². The van der Waals surface area contributed by atoms with Crippen LogP contribution in [0.4, 0.5) is 0 Å². The van der Waals surface area contributed by atoms with Gasteiger partial charge in [0.1, 0.15) is 0 Å². The fourth-order valence-corrected chi connectivity index (χ4v) is 4.81. The average molecular weight is 316 g/mol. The van der Waals surface area contributed by atoms with Crippen molar-refractivity contribution >= 4 is 15.2 Å². The van der Waals surface area contributed by atoms with E-state index in [1.165, 1.54) is 0 Å². The summed E-state index contributed by atoms with van der Waals surface area (Å²) in [4.78, 5) is 0. The van der Waals surface area contributed by atoms with Crippen LogP contribution in [0, 0.1) is 5.41 Å². The molecule has 2 fully saturated rings. The Bertz CT molecular complexity index is 346. The van der Waals surface area contributed by atoms with Crippen molar-refractivity contribution in [3.8, 4) is 0 Å². The summed E-state index contributed by atoms with van der Waals surface area (Å²) < 4.78 is 44.6. The SMILES string of the molecule is O=P1(CCO)OCC2(CO1)COP(=O)(CCO)OC2. The Hall–Kier alpha value is 0.220. The van der Waals surface area contributed by atoms with Crippen LogP contribution in [-0.2, 0) is 27.2 Å². The van der Waals surface area contributed by atoms with Gasteiger partial charge in [-0.1, -0.05) is 0 Å². The van der Waals surface area contributed by atoms with Crippen molar-refractivity contribution in [3.05, 3.63) is 0 Å². The number of hydrogen-bond donors (Lipinski definition) is 2. The molecule has 10 heteroatoms. The highest BCUT2D eigenvalue weighted by molar-refractivity contribution is 7.54. The molecule has 0 amide bonds. The van der Waals surface area contributed by atoms with Crippen LogP contribution in [0.5, 0.6) is 0 Å². The summed E-state index contributed by atoms with van der Waals surface area (Å²) >= 11 is 0. The third-order valence-electron chi connectivity index (χ3n) is 3.02. The van der Waals surface area contributed by atoms with Gasteiger partial charge in [0.25, 0.3) is 0 Å². The molecule has 0 atom stereocenters. The van der Waals surface area contributed by atoms with Gasteiger partial charge in [-0.25, -0.2) is 0 Å². The maximum atomic E-state index is 11.9. The molecule has 0 unspecified atom stereocenters. The van der Waals surface area contributed by atoms with Crippen molar-refractivity contribution in [1.29, 1.82) is 0 Å². The Balaban J connectivity index is 1.91. The molecule has 2 N–H and O–H groups in total. The molecule has 8 nitrogen and oxygen atoms in total. The monoisotopic (exact) mass is 316 g/mol. The molecular formula is C9H18O8P2. The van der Waals surface area contributed by atoms with Gasteiger partial charge in [0, 0.05) is 0 Å². The van der Waals surface area contributed by atoms with Crippen LogP contribution in [0.2, 0.25) is 0 Å². The van der Waals surface area contributed by atoms with Crippen LogP contribution < -0.4 is 0 Å². The van der Waals surface area contributed by atoms with Crippen molar-refractivity contribution in [2.75, 3.05) is 52.0 Å². The van der Waals surface area contributed by atoms with Crippen LogP contribution in [0.25, 0.3) is 0 Å².